The first-order chi connectivity index (χ1) is 25.8. The summed E-state index contributed by atoms with van der Waals surface area (Å²) in [5, 5.41) is 16.4. The fourth-order valence-corrected chi connectivity index (χ4v) is 8.81. The zero-order chi connectivity index (χ0) is 33.9. The van der Waals surface area contributed by atoms with E-state index < -0.39 is 0 Å². The molecule has 240 valence electrons. The Labute approximate surface area is 296 Å². The van der Waals surface area contributed by atoms with Gasteiger partial charge >= 0.3 is 0 Å². The van der Waals surface area contributed by atoms with Crippen molar-refractivity contribution in [1.29, 1.82) is 0 Å². The van der Waals surface area contributed by atoms with Crippen molar-refractivity contribution in [3.63, 3.8) is 0 Å². The molecule has 0 spiro atoms. The smallest absolute Gasteiger partial charge is 0.238 e. The van der Waals surface area contributed by atoms with Crippen molar-refractivity contribution >= 4 is 97.7 Å². The number of aromatic nitrogens is 3. The van der Waals surface area contributed by atoms with Gasteiger partial charge in [-0.3, -0.25) is 4.57 Å². The van der Waals surface area contributed by atoms with E-state index in [0.717, 1.165) is 60.2 Å². The quantitative estimate of drug-likeness (QED) is 0.173. The third kappa shape index (κ3) is 3.65. The Morgan fingerprint density at radius 3 is 1.75 bits per heavy atom. The van der Waals surface area contributed by atoms with Crippen LogP contribution in [0.5, 0.6) is 0 Å². The van der Waals surface area contributed by atoms with Gasteiger partial charge < -0.3 is 4.42 Å². The Morgan fingerprint density at radius 2 is 0.962 bits per heavy atom. The van der Waals surface area contributed by atoms with Crippen molar-refractivity contribution in [2.24, 2.45) is 0 Å². The average Bonchev–Trinajstić information content (AvgIpc) is 3.76. The van der Waals surface area contributed by atoms with Crippen molar-refractivity contribution in [1.82, 2.24) is 14.5 Å². The molecule has 4 nitrogen and oxygen atoms in total. The summed E-state index contributed by atoms with van der Waals surface area (Å²) in [5.41, 5.74) is 5.40. The van der Waals surface area contributed by atoms with E-state index in [9.17, 15) is 0 Å². The van der Waals surface area contributed by atoms with Crippen LogP contribution >= 0.6 is 0 Å². The van der Waals surface area contributed by atoms with Crippen LogP contribution in [0.4, 0.5) is 0 Å². The van der Waals surface area contributed by atoms with Gasteiger partial charge in [0.2, 0.25) is 11.7 Å². The Bertz CT molecular complexity index is 3440. The second-order valence-corrected chi connectivity index (χ2v) is 13.7. The van der Waals surface area contributed by atoms with Gasteiger partial charge in [-0.2, -0.15) is 4.98 Å². The Balaban J connectivity index is 1.31. The maximum Gasteiger partial charge on any atom is 0.238 e. The number of furan rings is 1. The van der Waals surface area contributed by atoms with Crippen molar-refractivity contribution in [2.45, 2.75) is 0 Å². The SMILES string of the molecule is c1ccc2c(-c3nc(-n4c5ccc6c7ccccc7c7ccccc7c6c5c5ccc6ccccc6c54)nc4oc5ccccc5c34)cccc2c1. The molecule has 0 atom stereocenters. The van der Waals surface area contributed by atoms with E-state index in [-0.39, 0.29) is 0 Å². The molecule has 3 aromatic heterocycles. The molecule has 0 unspecified atom stereocenters. The third-order valence-corrected chi connectivity index (χ3v) is 11.0. The summed E-state index contributed by atoms with van der Waals surface area (Å²) in [7, 11) is 0. The van der Waals surface area contributed by atoms with Gasteiger partial charge in [-0.05, 0) is 55.2 Å². The van der Waals surface area contributed by atoms with Crippen LogP contribution in [0.25, 0.3) is 115 Å². The summed E-state index contributed by atoms with van der Waals surface area (Å²) in [6.45, 7) is 0. The average molecular weight is 662 g/mol. The number of hydrogen-bond acceptors (Lipinski definition) is 3. The Morgan fingerprint density at radius 1 is 0.385 bits per heavy atom. The first kappa shape index (κ1) is 27.7. The maximum absolute atomic E-state index is 6.59. The predicted octanol–water partition coefficient (Wildman–Crippen LogP) is 12.9. The van der Waals surface area contributed by atoms with Gasteiger partial charge in [0.15, 0.2) is 0 Å². The zero-order valence-corrected chi connectivity index (χ0v) is 27.8. The lowest BCUT2D eigenvalue weighted by Gasteiger charge is -2.13. The highest BCUT2D eigenvalue weighted by atomic mass is 16.3. The van der Waals surface area contributed by atoms with E-state index in [1.165, 1.54) is 43.1 Å². The lowest BCUT2D eigenvalue weighted by atomic mass is 9.91. The lowest BCUT2D eigenvalue weighted by Crippen LogP contribution is -2.03. The van der Waals surface area contributed by atoms with Crippen LogP contribution in [0.2, 0.25) is 0 Å². The molecule has 9 aromatic carbocycles. The molecule has 0 amide bonds. The highest BCUT2D eigenvalue weighted by Gasteiger charge is 2.24. The molecule has 0 aliphatic carbocycles. The Hall–Kier alpha value is -7.04. The molecule has 52 heavy (non-hydrogen) atoms. The van der Waals surface area contributed by atoms with E-state index in [4.69, 9.17) is 14.4 Å². The van der Waals surface area contributed by atoms with Gasteiger partial charge in [0, 0.05) is 32.5 Å². The second kappa shape index (κ2) is 10.3. The normalized spacial score (nSPS) is 12.2. The summed E-state index contributed by atoms with van der Waals surface area (Å²) >= 11 is 0. The van der Waals surface area contributed by atoms with Crippen molar-refractivity contribution < 1.29 is 4.42 Å². The van der Waals surface area contributed by atoms with Crippen molar-refractivity contribution in [3.05, 3.63) is 164 Å². The largest absolute Gasteiger partial charge is 0.437 e. The van der Waals surface area contributed by atoms with Crippen LogP contribution in [0.15, 0.2) is 168 Å². The lowest BCUT2D eigenvalue weighted by molar-refractivity contribution is 0.651. The Kier molecular flexibility index (Phi) is 5.47. The first-order valence-electron chi connectivity index (χ1n) is 17.7. The maximum atomic E-state index is 6.59. The molecule has 3 heterocycles. The van der Waals surface area contributed by atoms with Crippen molar-refractivity contribution in [2.75, 3.05) is 0 Å². The fourth-order valence-electron chi connectivity index (χ4n) is 8.81. The molecule has 12 rings (SSSR count). The van der Waals surface area contributed by atoms with Crippen LogP contribution in [0.1, 0.15) is 0 Å². The molecule has 0 bridgehead atoms. The number of benzene rings is 9. The van der Waals surface area contributed by atoms with Crippen LogP contribution in [0.3, 0.4) is 0 Å². The number of para-hydroxylation sites is 1. The molecule has 0 aliphatic rings. The molecule has 0 N–H and O–H groups in total. The van der Waals surface area contributed by atoms with Crippen LogP contribution in [-0.2, 0) is 0 Å². The van der Waals surface area contributed by atoms with Gasteiger partial charge in [-0.15, -0.1) is 0 Å². The summed E-state index contributed by atoms with van der Waals surface area (Å²) in [6.07, 6.45) is 0. The van der Waals surface area contributed by atoms with Gasteiger partial charge in [0.25, 0.3) is 0 Å². The summed E-state index contributed by atoms with van der Waals surface area (Å²) in [5.74, 6) is 0.579. The van der Waals surface area contributed by atoms with E-state index in [0.29, 0.717) is 11.7 Å². The number of hydrogen-bond donors (Lipinski definition) is 0. The topological polar surface area (TPSA) is 43.9 Å². The fraction of sp³-hybridized carbons (Fsp3) is 0. The van der Waals surface area contributed by atoms with Crippen molar-refractivity contribution in [3.8, 4) is 17.2 Å². The first-order valence-corrected chi connectivity index (χ1v) is 17.7. The molecular weight excluding hydrogens is 635 g/mol. The van der Waals surface area contributed by atoms with E-state index in [2.05, 4.69) is 156 Å². The van der Waals surface area contributed by atoms with E-state index >= 15 is 0 Å². The highest BCUT2D eigenvalue weighted by molar-refractivity contribution is 6.36. The minimum absolute atomic E-state index is 0.571. The number of fused-ring (bicyclic) bond motifs is 16. The zero-order valence-electron chi connectivity index (χ0n) is 27.8. The predicted molar refractivity (Wildman–Crippen MR) is 217 cm³/mol. The molecule has 0 radical (unpaired) electrons. The van der Waals surface area contributed by atoms with E-state index in [1.54, 1.807) is 0 Å². The monoisotopic (exact) mass is 661 g/mol. The molecule has 0 saturated carbocycles. The number of nitrogens with zero attached hydrogens (tertiary/aromatic N) is 3. The van der Waals surface area contributed by atoms with Gasteiger partial charge in [-0.1, -0.05) is 152 Å². The molecule has 0 fully saturated rings. The van der Waals surface area contributed by atoms with Crippen LogP contribution < -0.4 is 0 Å². The molecular formula is C48H27N3O. The standard InChI is InChI=1S/C48H27N3O/c1-3-15-30-28(12-1)14-11-22-37(30)45-44-38-21-9-10-23-41(38)52-47(44)50-48(49-45)51-40-27-26-36-34-19-6-5-17-32(34)33-18-7-8-20-35(33)42(36)43(40)39-25-24-29-13-2-4-16-31(29)46(39)51/h1-27H. The van der Waals surface area contributed by atoms with Gasteiger partial charge in [0.1, 0.15) is 5.58 Å². The number of rotatable bonds is 2. The molecule has 4 heteroatoms. The molecule has 0 aliphatic heterocycles. The van der Waals surface area contributed by atoms with Gasteiger partial charge in [-0.25, -0.2) is 4.98 Å². The second-order valence-electron chi connectivity index (χ2n) is 13.7. The minimum Gasteiger partial charge on any atom is -0.437 e. The van der Waals surface area contributed by atoms with Gasteiger partial charge in [0.05, 0.1) is 22.1 Å². The summed E-state index contributed by atoms with van der Waals surface area (Å²) in [6, 6.07) is 58.4. The minimum atomic E-state index is 0.571. The summed E-state index contributed by atoms with van der Waals surface area (Å²) < 4.78 is 8.86. The van der Waals surface area contributed by atoms with E-state index in [1.807, 2.05) is 12.1 Å². The highest BCUT2D eigenvalue weighted by Crippen LogP contribution is 2.45. The van der Waals surface area contributed by atoms with Crippen LogP contribution in [0, 0.1) is 0 Å². The molecule has 0 saturated heterocycles. The van der Waals surface area contributed by atoms with Crippen LogP contribution in [-0.4, -0.2) is 14.5 Å². The summed E-state index contributed by atoms with van der Waals surface area (Å²) in [4.78, 5) is 10.9. The molecule has 12 aromatic rings. The third-order valence-electron chi connectivity index (χ3n) is 11.0.